The normalized spacial score (nSPS) is 11.7. The third kappa shape index (κ3) is 5.21. The van der Waals surface area contributed by atoms with Crippen LogP contribution >= 0.6 is 23.6 Å². The highest BCUT2D eigenvalue weighted by Gasteiger charge is 2.19. The van der Waals surface area contributed by atoms with Gasteiger partial charge < -0.3 is 15.4 Å². The number of methoxy groups -OCH3 is 1. The molecule has 0 amide bonds. The third-order valence-corrected chi connectivity index (χ3v) is 5.77. The molecule has 1 aromatic carbocycles. The number of benzene rings is 1. The van der Waals surface area contributed by atoms with Gasteiger partial charge >= 0.3 is 5.97 Å². The van der Waals surface area contributed by atoms with Gasteiger partial charge in [-0.3, -0.25) is 4.68 Å². The molecule has 0 aliphatic carbocycles. The molecule has 152 valence electrons. The molecule has 2 aromatic heterocycles. The Balaban J connectivity index is 1.75. The first kappa shape index (κ1) is 21.0. The maximum Gasteiger partial charge on any atom is 0.340 e. The fraction of sp³-hybridized carbons (Fsp3) is 0.286. The molecule has 0 fully saturated rings. The lowest BCUT2D eigenvalue weighted by atomic mass is 10.1. The van der Waals surface area contributed by atoms with Crippen molar-refractivity contribution < 1.29 is 9.53 Å². The third-order valence-electron chi connectivity index (χ3n) is 4.50. The van der Waals surface area contributed by atoms with Gasteiger partial charge in [-0.2, -0.15) is 5.10 Å². The minimum atomic E-state index is -0.387. The van der Waals surface area contributed by atoms with E-state index in [0.29, 0.717) is 15.7 Å². The average Bonchev–Trinajstić information content (AvgIpc) is 3.23. The topological polar surface area (TPSA) is 68.2 Å². The lowest BCUT2D eigenvalue weighted by molar-refractivity contribution is 0.0602. The van der Waals surface area contributed by atoms with Crippen molar-refractivity contribution in [2.24, 2.45) is 7.05 Å². The predicted molar refractivity (Wildman–Crippen MR) is 121 cm³/mol. The highest BCUT2D eigenvalue weighted by atomic mass is 32.1. The van der Waals surface area contributed by atoms with Gasteiger partial charge in [-0.25, -0.2) is 4.79 Å². The highest BCUT2D eigenvalue weighted by Crippen LogP contribution is 2.30. The molecule has 1 atom stereocenters. The molecular formula is C21H24N4O2S2. The average molecular weight is 429 g/mol. The summed E-state index contributed by atoms with van der Waals surface area (Å²) in [7, 11) is 3.27. The first-order valence-electron chi connectivity index (χ1n) is 9.20. The summed E-state index contributed by atoms with van der Waals surface area (Å²) in [6.07, 6.45) is 2.71. The van der Waals surface area contributed by atoms with E-state index in [9.17, 15) is 4.79 Å². The van der Waals surface area contributed by atoms with Gasteiger partial charge in [0.25, 0.3) is 0 Å². The Morgan fingerprint density at radius 3 is 2.69 bits per heavy atom. The number of hydrogen-bond acceptors (Lipinski definition) is 5. The van der Waals surface area contributed by atoms with Gasteiger partial charge in [-0.15, -0.1) is 11.3 Å². The van der Waals surface area contributed by atoms with Crippen LogP contribution in [-0.4, -0.2) is 28.0 Å². The van der Waals surface area contributed by atoms with E-state index in [2.05, 4.69) is 27.9 Å². The molecule has 0 bridgehead atoms. The number of nitrogens with zero attached hydrogens (tertiary/aromatic N) is 2. The van der Waals surface area contributed by atoms with Crippen LogP contribution in [-0.2, 0) is 18.2 Å². The fourth-order valence-corrected chi connectivity index (χ4v) is 4.56. The molecule has 0 spiro atoms. The van der Waals surface area contributed by atoms with Crippen molar-refractivity contribution in [3.63, 3.8) is 0 Å². The van der Waals surface area contributed by atoms with E-state index in [4.69, 9.17) is 17.0 Å². The van der Waals surface area contributed by atoms with Crippen LogP contribution < -0.4 is 10.6 Å². The molecule has 3 rings (SSSR count). The van der Waals surface area contributed by atoms with Crippen LogP contribution in [0, 0.1) is 6.92 Å². The molecule has 2 N–H and O–H groups in total. The molecule has 2 heterocycles. The quantitative estimate of drug-likeness (QED) is 0.453. The van der Waals surface area contributed by atoms with Gasteiger partial charge in [-0.05, 0) is 37.7 Å². The lowest BCUT2D eigenvalue weighted by Gasteiger charge is -2.16. The Morgan fingerprint density at radius 1 is 1.34 bits per heavy atom. The van der Waals surface area contributed by atoms with Crippen LogP contribution in [0.2, 0.25) is 0 Å². The van der Waals surface area contributed by atoms with Gasteiger partial charge in [0.1, 0.15) is 5.00 Å². The standard InChI is InChI=1S/C21H24N4O2S2/c1-13(18-12-25(3)24-14(18)2)22-21(28)23-19-17(20(26)27-4)11-16(29-19)10-15-8-6-5-7-9-15/h5-9,11-13H,10H2,1-4H3,(H2,22,23,28). The monoisotopic (exact) mass is 428 g/mol. The van der Waals surface area contributed by atoms with Crippen LogP contribution in [0.1, 0.15) is 45.0 Å². The smallest absolute Gasteiger partial charge is 0.340 e. The first-order valence-corrected chi connectivity index (χ1v) is 10.4. The maximum absolute atomic E-state index is 12.2. The molecule has 0 saturated carbocycles. The molecule has 0 saturated heterocycles. The van der Waals surface area contributed by atoms with Crippen LogP contribution in [0.5, 0.6) is 0 Å². The first-order chi connectivity index (χ1) is 13.9. The molecule has 0 radical (unpaired) electrons. The summed E-state index contributed by atoms with van der Waals surface area (Å²) in [4.78, 5) is 13.3. The number of carbonyl (C=O) groups is 1. The van der Waals surface area contributed by atoms with Crippen molar-refractivity contribution in [1.29, 1.82) is 0 Å². The molecule has 8 heteroatoms. The summed E-state index contributed by atoms with van der Waals surface area (Å²) < 4.78 is 6.73. The zero-order valence-corrected chi connectivity index (χ0v) is 18.5. The predicted octanol–water partition coefficient (Wildman–Crippen LogP) is 4.22. The number of anilines is 1. The second-order valence-electron chi connectivity index (χ2n) is 6.77. The second kappa shape index (κ2) is 9.19. The van der Waals surface area contributed by atoms with Crippen LogP contribution in [0.15, 0.2) is 42.6 Å². The van der Waals surface area contributed by atoms with E-state index in [1.807, 2.05) is 51.4 Å². The Labute approximate surface area is 179 Å². The number of aryl methyl sites for hydroxylation is 2. The zero-order chi connectivity index (χ0) is 21.0. The van der Waals surface area contributed by atoms with Gasteiger partial charge in [-0.1, -0.05) is 30.3 Å². The molecule has 29 heavy (non-hydrogen) atoms. The number of rotatable bonds is 6. The van der Waals surface area contributed by atoms with Crippen molar-refractivity contribution in [2.45, 2.75) is 26.3 Å². The molecule has 3 aromatic rings. The van der Waals surface area contributed by atoms with Crippen molar-refractivity contribution >= 4 is 39.6 Å². The lowest BCUT2D eigenvalue weighted by Crippen LogP contribution is -2.31. The Kier molecular flexibility index (Phi) is 6.66. The van der Waals surface area contributed by atoms with Crippen molar-refractivity contribution in [2.75, 3.05) is 12.4 Å². The molecule has 1 unspecified atom stereocenters. The Hall–Kier alpha value is -2.71. The SMILES string of the molecule is COC(=O)c1cc(Cc2ccccc2)sc1NC(=S)NC(C)c1cn(C)nc1C. The van der Waals surface area contributed by atoms with Gasteiger partial charge in [0.2, 0.25) is 0 Å². The number of thiophene rings is 1. The molecular weight excluding hydrogens is 404 g/mol. The van der Waals surface area contributed by atoms with Gasteiger partial charge in [0, 0.05) is 30.1 Å². The van der Waals surface area contributed by atoms with Crippen LogP contribution in [0.25, 0.3) is 0 Å². The van der Waals surface area contributed by atoms with Gasteiger partial charge in [0.05, 0.1) is 24.4 Å². The number of thiocarbonyl (C=S) groups is 1. The van der Waals surface area contributed by atoms with Crippen molar-refractivity contribution in [1.82, 2.24) is 15.1 Å². The Morgan fingerprint density at radius 2 is 2.07 bits per heavy atom. The molecule has 0 aliphatic heterocycles. The number of ether oxygens (including phenoxy) is 1. The summed E-state index contributed by atoms with van der Waals surface area (Å²) in [6, 6.07) is 12.0. The van der Waals surface area contributed by atoms with E-state index in [1.165, 1.54) is 24.0 Å². The maximum atomic E-state index is 12.2. The van der Waals surface area contributed by atoms with E-state index >= 15 is 0 Å². The number of aromatic nitrogens is 2. The van der Waals surface area contributed by atoms with Crippen molar-refractivity contribution in [3.05, 3.63) is 69.9 Å². The summed E-state index contributed by atoms with van der Waals surface area (Å²) in [6.45, 7) is 3.99. The number of esters is 1. The summed E-state index contributed by atoms with van der Waals surface area (Å²) >= 11 is 6.99. The minimum Gasteiger partial charge on any atom is -0.465 e. The fourth-order valence-electron chi connectivity index (χ4n) is 3.14. The number of carbonyl (C=O) groups excluding carboxylic acids is 1. The second-order valence-corrected chi connectivity index (χ2v) is 8.32. The van der Waals surface area contributed by atoms with Crippen LogP contribution in [0.3, 0.4) is 0 Å². The number of hydrogen-bond donors (Lipinski definition) is 2. The molecule has 6 nitrogen and oxygen atoms in total. The summed E-state index contributed by atoms with van der Waals surface area (Å²) in [5.74, 6) is -0.387. The van der Waals surface area contributed by atoms with E-state index < -0.39 is 0 Å². The van der Waals surface area contributed by atoms with Crippen LogP contribution in [0.4, 0.5) is 5.00 Å². The van der Waals surface area contributed by atoms with E-state index in [-0.39, 0.29) is 12.0 Å². The highest BCUT2D eigenvalue weighted by molar-refractivity contribution is 7.80. The van der Waals surface area contributed by atoms with Gasteiger partial charge in [0.15, 0.2) is 5.11 Å². The van der Waals surface area contributed by atoms with Crippen molar-refractivity contribution in [3.8, 4) is 0 Å². The molecule has 0 aliphatic rings. The summed E-state index contributed by atoms with van der Waals surface area (Å²) in [5.41, 5.74) is 3.68. The zero-order valence-electron chi connectivity index (χ0n) is 16.9. The minimum absolute atomic E-state index is 0.0194. The van der Waals surface area contributed by atoms with E-state index in [0.717, 1.165) is 22.6 Å². The number of nitrogens with one attached hydrogen (secondary N) is 2. The van der Waals surface area contributed by atoms with E-state index in [1.54, 1.807) is 4.68 Å². The largest absolute Gasteiger partial charge is 0.465 e. The Bertz CT molecular complexity index is 1010. The summed E-state index contributed by atoms with van der Waals surface area (Å²) in [5, 5.41) is 11.9.